The van der Waals surface area contributed by atoms with E-state index in [9.17, 15) is 17.6 Å². The molecule has 0 aliphatic carbocycles. The fourth-order valence-corrected chi connectivity index (χ4v) is 1.45. The minimum absolute atomic E-state index is 0.0781. The van der Waals surface area contributed by atoms with Gasteiger partial charge in [-0.05, 0) is 24.3 Å². The van der Waals surface area contributed by atoms with Crippen LogP contribution in [0, 0.1) is 5.95 Å². The lowest BCUT2D eigenvalue weighted by atomic mass is 10.1. The van der Waals surface area contributed by atoms with Gasteiger partial charge in [-0.3, -0.25) is 0 Å². The van der Waals surface area contributed by atoms with Crippen LogP contribution in [0.1, 0.15) is 0 Å². The molecule has 6 heteroatoms. The minimum atomic E-state index is -4.80. The summed E-state index contributed by atoms with van der Waals surface area (Å²) >= 11 is 0. The molecule has 2 rings (SSSR count). The molecule has 0 amide bonds. The Kier molecular flexibility index (Phi) is 3.18. The van der Waals surface area contributed by atoms with E-state index in [0.29, 0.717) is 0 Å². The summed E-state index contributed by atoms with van der Waals surface area (Å²) < 4.78 is 53.4. The number of pyridine rings is 1. The van der Waals surface area contributed by atoms with Gasteiger partial charge in [-0.25, -0.2) is 4.98 Å². The number of ether oxygens (including phenoxy) is 1. The Labute approximate surface area is 99.8 Å². The fraction of sp³-hybridized carbons (Fsp3) is 0.0833. The van der Waals surface area contributed by atoms with E-state index in [0.717, 1.165) is 12.1 Å². The second kappa shape index (κ2) is 4.64. The van der Waals surface area contributed by atoms with Crippen LogP contribution in [0.2, 0.25) is 0 Å². The van der Waals surface area contributed by atoms with Crippen LogP contribution in [0.15, 0.2) is 42.5 Å². The van der Waals surface area contributed by atoms with Gasteiger partial charge in [0, 0.05) is 5.56 Å². The second-order valence-electron chi connectivity index (χ2n) is 3.39. The summed E-state index contributed by atoms with van der Waals surface area (Å²) in [6, 6.07) is 9.31. The molecule has 0 fully saturated rings. The third-order valence-electron chi connectivity index (χ3n) is 2.10. The Morgan fingerprint density at radius 1 is 0.944 bits per heavy atom. The van der Waals surface area contributed by atoms with Crippen LogP contribution in [0.5, 0.6) is 5.75 Å². The number of hydrogen-bond acceptors (Lipinski definition) is 2. The molecule has 2 aromatic rings. The first kappa shape index (κ1) is 12.3. The van der Waals surface area contributed by atoms with Gasteiger partial charge in [0.05, 0.1) is 5.69 Å². The second-order valence-corrected chi connectivity index (χ2v) is 3.39. The largest absolute Gasteiger partial charge is 0.573 e. The Morgan fingerprint density at radius 2 is 1.67 bits per heavy atom. The molecule has 94 valence electrons. The molecule has 0 saturated carbocycles. The minimum Gasteiger partial charge on any atom is -0.405 e. The maximum absolute atomic E-state index is 12.9. The molecule has 0 N–H and O–H groups in total. The first-order chi connectivity index (χ1) is 8.46. The number of nitrogens with zero attached hydrogens (tertiary/aromatic N) is 1. The lowest BCUT2D eigenvalue weighted by Gasteiger charge is -2.12. The van der Waals surface area contributed by atoms with Gasteiger partial charge in [0.2, 0.25) is 5.95 Å². The molecule has 0 radical (unpaired) electrons. The highest BCUT2D eigenvalue weighted by Gasteiger charge is 2.32. The van der Waals surface area contributed by atoms with Gasteiger partial charge in [-0.2, -0.15) is 4.39 Å². The molecular weight excluding hydrogens is 250 g/mol. The van der Waals surface area contributed by atoms with E-state index in [1.54, 1.807) is 0 Å². The average molecular weight is 257 g/mol. The zero-order valence-electron chi connectivity index (χ0n) is 8.91. The normalized spacial score (nSPS) is 11.3. The lowest BCUT2D eigenvalue weighted by molar-refractivity contribution is -0.274. The van der Waals surface area contributed by atoms with E-state index in [1.807, 2.05) is 0 Å². The molecule has 2 nitrogen and oxygen atoms in total. The zero-order chi connectivity index (χ0) is 13.2. The maximum atomic E-state index is 12.9. The number of para-hydroxylation sites is 1. The van der Waals surface area contributed by atoms with Crippen molar-refractivity contribution in [3.8, 4) is 17.0 Å². The van der Waals surface area contributed by atoms with Crippen molar-refractivity contribution < 1.29 is 22.3 Å². The smallest absolute Gasteiger partial charge is 0.405 e. The molecule has 1 aromatic heterocycles. The Bertz CT molecular complexity index is 554. The van der Waals surface area contributed by atoms with Crippen LogP contribution in [0.25, 0.3) is 11.3 Å². The molecule has 0 atom stereocenters. The van der Waals surface area contributed by atoms with Crippen LogP contribution in [-0.2, 0) is 0 Å². The topological polar surface area (TPSA) is 22.1 Å². The van der Waals surface area contributed by atoms with Crippen molar-refractivity contribution >= 4 is 0 Å². The van der Waals surface area contributed by atoms with Gasteiger partial charge in [0.1, 0.15) is 5.75 Å². The van der Waals surface area contributed by atoms with Gasteiger partial charge >= 0.3 is 6.36 Å². The van der Waals surface area contributed by atoms with Crippen molar-refractivity contribution in [3.05, 3.63) is 48.4 Å². The highest BCUT2D eigenvalue weighted by molar-refractivity contribution is 5.66. The van der Waals surface area contributed by atoms with Crippen molar-refractivity contribution in [2.24, 2.45) is 0 Å². The summed E-state index contributed by atoms with van der Waals surface area (Å²) in [4.78, 5) is 3.52. The number of benzene rings is 1. The number of halogens is 4. The highest BCUT2D eigenvalue weighted by Crippen LogP contribution is 2.32. The van der Waals surface area contributed by atoms with Gasteiger partial charge in [-0.15, -0.1) is 13.2 Å². The lowest BCUT2D eigenvalue weighted by Crippen LogP contribution is -2.17. The molecule has 0 spiro atoms. The van der Waals surface area contributed by atoms with Gasteiger partial charge in [0.15, 0.2) is 0 Å². The van der Waals surface area contributed by atoms with E-state index < -0.39 is 18.1 Å². The van der Waals surface area contributed by atoms with E-state index in [2.05, 4.69) is 9.72 Å². The van der Waals surface area contributed by atoms with Crippen LogP contribution in [0.3, 0.4) is 0 Å². The maximum Gasteiger partial charge on any atom is 0.573 e. The van der Waals surface area contributed by atoms with Gasteiger partial charge in [-0.1, -0.05) is 18.2 Å². The Morgan fingerprint density at radius 3 is 2.33 bits per heavy atom. The summed E-state index contributed by atoms with van der Waals surface area (Å²) in [6.45, 7) is 0. The van der Waals surface area contributed by atoms with Crippen molar-refractivity contribution in [2.45, 2.75) is 6.36 Å². The molecule has 1 aromatic carbocycles. The van der Waals surface area contributed by atoms with Crippen LogP contribution < -0.4 is 4.74 Å². The molecule has 1 heterocycles. The van der Waals surface area contributed by atoms with Crippen LogP contribution in [0.4, 0.5) is 17.6 Å². The molecule has 0 unspecified atom stereocenters. The monoisotopic (exact) mass is 257 g/mol. The summed E-state index contributed by atoms with van der Waals surface area (Å²) in [5.74, 6) is -1.18. The van der Waals surface area contributed by atoms with Crippen molar-refractivity contribution in [1.82, 2.24) is 4.98 Å². The van der Waals surface area contributed by atoms with Crippen molar-refractivity contribution in [1.29, 1.82) is 0 Å². The molecule has 18 heavy (non-hydrogen) atoms. The Hall–Kier alpha value is -2.11. The number of rotatable bonds is 2. The fourth-order valence-electron chi connectivity index (χ4n) is 1.45. The first-order valence-electron chi connectivity index (χ1n) is 4.93. The van der Waals surface area contributed by atoms with Crippen LogP contribution in [-0.4, -0.2) is 11.3 Å². The molecule has 0 bridgehead atoms. The van der Waals surface area contributed by atoms with Crippen LogP contribution >= 0.6 is 0 Å². The predicted octanol–water partition coefficient (Wildman–Crippen LogP) is 3.79. The average Bonchev–Trinajstić information content (AvgIpc) is 2.27. The van der Waals surface area contributed by atoms with E-state index in [1.165, 1.54) is 30.3 Å². The molecule has 0 aliphatic rings. The molecule has 0 aliphatic heterocycles. The van der Waals surface area contributed by atoms with E-state index >= 15 is 0 Å². The summed E-state index contributed by atoms with van der Waals surface area (Å²) in [6.07, 6.45) is -4.80. The summed E-state index contributed by atoms with van der Waals surface area (Å²) in [5.41, 5.74) is 0.157. The number of aromatic nitrogens is 1. The third-order valence-corrected chi connectivity index (χ3v) is 2.10. The number of alkyl halides is 3. The highest BCUT2D eigenvalue weighted by atomic mass is 19.4. The van der Waals surface area contributed by atoms with Gasteiger partial charge in [0.25, 0.3) is 0 Å². The van der Waals surface area contributed by atoms with E-state index in [-0.39, 0.29) is 11.3 Å². The number of hydrogen-bond donors (Lipinski definition) is 0. The first-order valence-corrected chi connectivity index (χ1v) is 4.93. The summed E-state index contributed by atoms with van der Waals surface area (Å²) in [5, 5.41) is 0. The molecular formula is C12H7F4NO. The van der Waals surface area contributed by atoms with Crippen molar-refractivity contribution in [3.63, 3.8) is 0 Å². The standard InChI is InChI=1S/C12H7F4NO/c13-11-7-3-5-9(17-11)8-4-1-2-6-10(8)18-12(14,15)16/h1-7H. The predicted molar refractivity (Wildman–Crippen MR) is 56.3 cm³/mol. The Balaban J connectivity index is 2.45. The molecule has 0 saturated heterocycles. The van der Waals surface area contributed by atoms with Gasteiger partial charge < -0.3 is 4.74 Å². The quantitative estimate of drug-likeness (QED) is 0.603. The third kappa shape index (κ3) is 2.97. The zero-order valence-corrected chi connectivity index (χ0v) is 8.91. The van der Waals surface area contributed by atoms with E-state index in [4.69, 9.17) is 0 Å². The SMILES string of the molecule is Fc1cccc(-c2ccccc2OC(F)(F)F)n1. The van der Waals surface area contributed by atoms with Crippen molar-refractivity contribution in [2.75, 3.05) is 0 Å². The summed E-state index contributed by atoms with van der Waals surface area (Å²) in [7, 11) is 0.